The fourth-order valence-electron chi connectivity index (χ4n) is 4.40. The number of rotatable bonds is 9. The van der Waals surface area contributed by atoms with Crippen molar-refractivity contribution in [3.05, 3.63) is 52.3 Å². The summed E-state index contributed by atoms with van der Waals surface area (Å²) in [6, 6.07) is 9.27. The molecule has 0 fully saturated rings. The molecule has 1 heterocycles. The van der Waals surface area contributed by atoms with Gasteiger partial charge in [0, 0.05) is 11.3 Å². The maximum Gasteiger partial charge on any atom is 0.197 e. The van der Waals surface area contributed by atoms with Crippen molar-refractivity contribution in [2.24, 2.45) is 0 Å². The number of nitrogens with zero attached hydrogens (tertiary/aromatic N) is 2. The molecule has 36 heavy (non-hydrogen) atoms. The fourth-order valence-corrected chi connectivity index (χ4v) is 4.40. The van der Waals surface area contributed by atoms with Gasteiger partial charge in [-0.1, -0.05) is 20.8 Å². The summed E-state index contributed by atoms with van der Waals surface area (Å²) >= 11 is 0. The van der Waals surface area contributed by atoms with Crippen LogP contribution in [0.4, 0.5) is 10.1 Å². The molecule has 0 aliphatic carbocycles. The van der Waals surface area contributed by atoms with Gasteiger partial charge in [0.05, 0.1) is 36.9 Å². The minimum Gasteiger partial charge on any atom is -0.490 e. The number of anilines is 1. The number of amidine groups is 1. The van der Waals surface area contributed by atoms with Gasteiger partial charge in [0.15, 0.2) is 23.1 Å². The van der Waals surface area contributed by atoms with Crippen LogP contribution in [0.5, 0.6) is 11.5 Å². The second kappa shape index (κ2) is 10.2. The third-order valence-corrected chi connectivity index (χ3v) is 6.41. The van der Waals surface area contributed by atoms with Gasteiger partial charge in [-0.05, 0) is 68.5 Å². The van der Waals surface area contributed by atoms with Gasteiger partial charge >= 0.3 is 0 Å². The van der Waals surface area contributed by atoms with Crippen LogP contribution >= 0.6 is 0 Å². The molecule has 8 heteroatoms. The summed E-state index contributed by atoms with van der Waals surface area (Å²) in [4.78, 5) is 15.2. The third kappa shape index (κ3) is 5.01. The maximum atomic E-state index is 15.6. The van der Waals surface area contributed by atoms with E-state index in [9.17, 15) is 4.79 Å². The lowest BCUT2D eigenvalue weighted by Gasteiger charge is -2.33. The highest BCUT2D eigenvalue weighted by Crippen LogP contribution is 2.46. The molecule has 192 valence electrons. The van der Waals surface area contributed by atoms with Crippen LogP contribution in [0.15, 0.2) is 24.3 Å². The van der Waals surface area contributed by atoms with Gasteiger partial charge in [0.1, 0.15) is 12.4 Å². The van der Waals surface area contributed by atoms with E-state index >= 15 is 4.39 Å². The highest BCUT2D eigenvalue weighted by atomic mass is 19.1. The van der Waals surface area contributed by atoms with Crippen molar-refractivity contribution in [1.29, 1.82) is 10.7 Å². The van der Waals surface area contributed by atoms with E-state index in [1.807, 2.05) is 32.9 Å². The smallest absolute Gasteiger partial charge is 0.197 e. The predicted octanol–water partition coefficient (Wildman–Crippen LogP) is 5.62. The Bertz CT molecular complexity index is 1220. The van der Waals surface area contributed by atoms with Gasteiger partial charge in [-0.3, -0.25) is 10.2 Å². The van der Waals surface area contributed by atoms with Crippen molar-refractivity contribution in [3.63, 3.8) is 0 Å². The number of nitrogens with one attached hydrogen (secondary N) is 2. The summed E-state index contributed by atoms with van der Waals surface area (Å²) in [5.41, 5.74) is 1.74. The largest absolute Gasteiger partial charge is 0.490 e. The van der Waals surface area contributed by atoms with Gasteiger partial charge in [-0.15, -0.1) is 0 Å². The van der Waals surface area contributed by atoms with Crippen LogP contribution in [-0.4, -0.2) is 42.8 Å². The van der Waals surface area contributed by atoms with E-state index in [1.165, 1.54) is 0 Å². The molecule has 7 nitrogen and oxygen atoms in total. The molecule has 2 aromatic rings. The van der Waals surface area contributed by atoms with Crippen molar-refractivity contribution in [1.82, 2.24) is 4.90 Å². The first-order chi connectivity index (χ1) is 16.9. The zero-order chi connectivity index (χ0) is 26.8. The average Bonchev–Trinajstić information content (AvgIpc) is 2.99. The number of fused-ring (bicyclic) bond motifs is 1. The van der Waals surface area contributed by atoms with Gasteiger partial charge in [0.25, 0.3) is 0 Å². The average molecular weight is 495 g/mol. The molecule has 0 radical (unpaired) electrons. The first-order valence-corrected chi connectivity index (χ1v) is 12.2. The van der Waals surface area contributed by atoms with Gasteiger partial charge in [-0.2, -0.15) is 5.26 Å². The number of nitriles is 1. The van der Waals surface area contributed by atoms with Gasteiger partial charge in [0.2, 0.25) is 0 Å². The number of halogens is 1. The SMILES string of the molecule is CCOc1cc2c(c(F)c1OCC)C(=N)N(CC(=O)c1cc(NCC#N)cc(C(C)(C)C)c1)C2(C)C. The highest BCUT2D eigenvalue weighted by Gasteiger charge is 2.45. The topological polar surface area (TPSA) is 98.4 Å². The molecule has 2 N–H and O–H groups in total. The number of hydrogen-bond acceptors (Lipinski definition) is 6. The molecule has 0 unspecified atom stereocenters. The first kappa shape index (κ1) is 27.0. The zero-order valence-corrected chi connectivity index (χ0v) is 22.1. The summed E-state index contributed by atoms with van der Waals surface area (Å²) in [7, 11) is 0. The number of ether oxygens (including phenoxy) is 2. The zero-order valence-electron chi connectivity index (χ0n) is 22.1. The van der Waals surface area contributed by atoms with Crippen molar-refractivity contribution >= 4 is 17.3 Å². The van der Waals surface area contributed by atoms with Crippen LogP contribution in [0.3, 0.4) is 0 Å². The number of benzene rings is 2. The molecule has 0 saturated heterocycles. The number of carbonyl (C=O) groups excluding carboxylic acids is 1. The monoisotopic (exact) mass is 494 g/mol. The Morgan fingerprint density at radius 2 is 1.83 bits per heavy atom. The third-order valence-electron chi connectivity index (χ3n) is 6.41. The fraction of sp³-hybridized carbons (Fsp3) is 0.464. The Kier molecular flexibility index (Phi) is 7.63. The molecule has 2 aromatic carbocycles. The summed E-state index contributed by atoms with van der Waals surface area (Å²) in [5.74, 6) is -0.654. The summed E-state index contributed by atoms with van der Waals surface area (Å²) in [5, 5.41) is 20.8. The summed E-state index contributed by atoms with van der Waals surface area (Å²) in [6.45, 7) is 14.0. The minimum atomic E-state index is -0.830. The molecule has 1 aliphatic heterocycles. The second-order valence-corrected chi connectivity index (χ2v) is 10.3. The Hall–Kier alpha value is -3.60. The van der Waals surface area contributed by atoms with Crippen LogP contribution < -0.4 is 14.8 Å². The lowest BCUT2D eigenvalue weighted by molar-refractivity contribution is 0.0920. The number of ketones is 1. The molecule has 1 aliphatic rings. The van der Waals surface area contributed by atoms with E-state index in [4.69, 9.17) is 20.1 Å². The standard InChI is InChI=1S/C28H35FN4O3/c1-8-35-22-15-20-23(24(29)25(22)36-9-2)26(31)33(28(20,6)7)16-21(34)17-12-18(27(3,4)5)14-19(13-17)32-11-10-30/h12-15,31-32H,8-9,11,16H2,1-7H3. The van der Waals surface area contributed by atoms with E-state index in [0.29, 0.717) is 23.4 Å². The van der Waals surface area contributed by atoms with Crippen LogP contribution in [0.2, 0.25) is 0 Å². The molecule has 0 spiro atoms. The van der Waals surface area contributed by atoms with Crippen molar-refractivity contribution < 1.29 is 18.7 Å². The van der Waals surface area contributed by atoms with Crippen molar-refractivity contribution in [2.45, 2.75) is 59.4 Å². The van der Waals surface area contributed by atoms with Crippen LogP contribution in [0.25, 0.3) is 0 Å². The molecular weight excluding hydrogens is 459 g/mol. The van der Waals surface area contributed by atoms with Gasteiger partial charge in [-0.25, -0.2) is 4.39 Å². The number of hydrogen-bond donors (Lipinski definition) is 2. The summed E-state index contributed by atoms with van der Waals surface area (Å²) < 4.78 is 26.8. The van der Waals surface area contributed by atoms with Crippen LogP contribution in [-0.2, 0) is 11.0 Å². The Labute approximate surface area is 212 Å². The predicted molar refractivity (Wildman–Crippen MR) is 139 cm³/mol. The van der Waals surface area contributed by atoms with Crippen LogP contribution in [0, 0.1) is 22.6 Å². The number of Topliss-reactive ketones (excluding diaryl/α,β-unsaturated/α-hetero) is 1. The van der Waals surface area contributed by atoms with Crippen molar-refractivity contribution in [3.8, 4) is 17.6 Å². The normalized spacial score (nSPS) is 14.3. The molecule has 3 rings (SSSR count). The van der Waals surface area contributed by atoms with E-state index in [1.54, 1.807) is 24.0 Å². The van der Waals surface area contributed by atoms with Gasteiger partial charge < -0.3 is 19.7 Å². The lowest BCUT2D eigenvalue weighted by Crippen LogP contribution is -2.42. The minimum absolute atomic E-state index is 0.0158. The summed E-state index contributed by atoms with van der Waals surface area (Å²) in [6.07, 6.45) is 0. The van der Waals surface area contributed by atoms with E-state index in [-0.39, 0.29) is 53.8 Å². The Morgan fingerprint density at radius 1 is 1.17 bits per heavy atom. The molecule has 0 aromatic heterocycles. The Morgan fingerprint density at radius 3 is 2.42 bits per heavy atom. The van der Waals surface area contributed by atoms with Crippen LogP contribution in [0.1, 0.15) is 75.5 Å². The first-order valence-electron chi connectivity index (χ1n) is 12.2. The van der Waals surface area contributed by atoms with Crippen molar-refractivity contribution in [2.75, 3.05) is 31.6 Å². The maximum absolute atomic E-state index is 15.6. The lowest BCUT2D eigenvalue weighted by atomic mass is 9.85. The van der Waals surface area contributed by atoms with E-state index in [2.05, 4.69) is 32.2 Å². The molecule has 0 saturated carbocycles. The molecule has 0 atom stereocenters. The number of carbonyl (C=O) groups is 1. The molecular formula is C28H35FN4O3. The molecule has 0 amide bonds. The quantitative estimate of drug-likeness (QED) is 0.347. The van der Waals surface area contributed by atoms with E-state index < -0.39 is 11.4 Å². The second-order valence-electron chi connectivity index (χ2n) is 10.3. The Balaban J connectivity index is 2.02. The molecule has 0 bridgehead atoms. The highest BCUT2D eigenvalue weighted by molar-refractivity contribution is 6.07. The van der Waals surface area contributed by atoms with E-state index in [0.717, 1.165) is 5.56 Å².